The van der Waals surface area contributed by atoms with E-state index in [0.717, 1.165) is 24.3 Å². The number of nitrogens with one attached hydrogen (secondary N) is 1. The van der Waals surface area contributed by atoms with Crippen LogP contribution >= 0.6 is 0 Å². The van der Waals surface area contributed by atoms with Gasteiger partial charge in [-0.25, -0.2) is 0 Å². The van der Waals surface area contributed by atoms with Crippen LogP contribution in [-0.2, 0) is 11.3 Å². The zero-order valence-electron chi connectivity index (χ0n) is 13.1. The van der Waals surface area contributed by atoms with E-state index in [1.807, 2.05) is 24.3 Å². The van der Waals surface area contributed by atoms with Crippen LogP contribution in [0.15, 0.2) is 24.3 Å². The van der Waals surface area contributed by atoms with Gasteiger partial charge in [0.15, 0.2) is 0 Å². The van der Waals surface area contributed by atoms with Crippen molar-refractivity contribution in [1.82, 2.24) is 4.90 Å². The number of nitrogens with two attached hydrogens (primary N) is 1. The number of hydrogen-bond acceptors (Lipinski definition) is 3. The Morgan fingerprint density at radius 3 is 2.90 bits per heavy atom. The summed E-state index contributed by atoms with van der Waals surface area (Å²) in [4.78, 5) is 14.6. The van der Waals surface area contributed by atoms with Gasteiger partial charge in [0.2, 0.25) is 5.91 Å². The fraction of sp³-hybridized carbons (Fsp3) is 0.588. The molecule has 1 aromatic rings. The van der Waals surface area contributed by atoms with Gasteiger partial charge in [0.1, 0.15) is 0 Å². The van der Waals surface area contributed by atoms with Gasteiger partial charge in [-0.3, -0.25) is 9.69 Å². The van der Waals surface area contributed by atoms with Crippen molar-refractivity contribution in [2.24, 2.45) is 11.7 Å². The van der Waals surface area contributed by atoms with Gasteiger partial charge in [-0.2, -0.15) is 0 Å². The molecule has 1 aliphatic heterocycles. The molecule has 0 radical (unpaired) electrons. The molecule has 1 saturated heterocycles. The third kappa shape index (κ3) is 4.29. The Morgan fingerprint density at radius 2 is 2.19 bits per heavy atom. The van der Waals surface area contributed by atoms with Gasteiger partial charge >= 0.3 is 0 Å². The Bertz CT molecular complexity index is 473. The Labute approximate surface area is 127 Å². The lowest BCUT2D eigenvalue weighted by atomic mass is 10.0. The molecule has 0 aliphatic carbocycles. The van der Waals surface area contributed by atoms with Gasteiger partial charge in [-0.1, -0.05) is 32.0 Å². The van der Waals surface area contributed by atoms with Crippen LogP contribution in [0.3, 0.4) is 0 Å². The SMILES string of the molecule is CC(C)C1CCCN1CCC(=O)Nc1ccccc1CN. The van der Waals surface area contributed by atoms with Gasteiger partial charge in [-0.15, -0.1) is 0 Å². The zero-order valence-corrected chi connectivity index (χ0v) is 13.1. The third-order valence-corrected chi connectivity index (χ3v) is 4.32. The average Bonchev–Trinajstić information content (AvgIpc) is 2.94. The van der Waals surface area contributed by atoms with Crippen molar-refractivity contribution in [2.75, 3.05) is 18.4 Å². The van der Waals surface area contributed by atoms with Crippen LogP contribution in [0.1, 0.15) is 38.7 Å². The first kappa shape index (κ1) is 16.0. The summed E-state index contributed by atoms with van der Waals surface area (Å²) in [6, 6.07) is 8.35. The molecule has 0 aromatic heterocycles. The summed E-state index contributed by atoms with van der Waals surface area (Å²) in [5.74, 6) is 0.735. The summed E-state index contributed by atoms with van der Waals surface area (Å²) < 4.78 is 0. The summed E-state index contributed by atoms with van der Waals surface area (Å²) in [6.45, 7) is 6.94. The van der Waals surface area contributed by atoms with E-state index in [1.54, 1.807) is 0 Å². The van der Waals surface area contributed by atoms with Gasteiger partial charge in [0, 0.05) is 31.2 Å². The first-order valence-corrected chi connectivity index (χ1v) is 7.93. The van der Waals surface area contributed by atoms with Crippen LogP contribution in [0, 0.1) is 5.92 Å². The van der Waals surface area contributed by atoms with Crippen molar-refractivity contribution in [3.63, 3.8) is 0 Å². The minimum atomic E-state index is 0.0744. The molecule has 4 nitrogen and oxygen atoms in total. The fourth-order valence-corrected chi connectivity index (χ4v) is 3.16. The number of anilines is 1. The molecule has 0 spiro atoms. The summed E-state index contributed by atoms with van der Waals surface area (Å²) in [5, 5.41) is 2.98. The smallest absolute Gasteiger partial charge is 0.225 e. The predicted octanol–water partition coefficient (Wildman–Crippen LogP) is 2.59. The number of para-hydroxylation sites is 1. The highest BCUT2D eigenvalue weighted by Crippen LogP contribution is 2.23. The Balaban J connectivity index is 1.85. The van der Waals surface area contributed by atoms with Crippen LogP contribution in [0.25, 0.3) is 0 Å². The lowest BCUT2D eigenvalue weighted by molar-refractivity contribution is -0.116. The number of amides is 1. The second-order valence-electron chi connectivity index (χ2n) is 6.15. The zero-order chi connectivity index (χ0) is 15.2. The lowest BCUT2D eigenvalue weighted by Gasteiger charge is -2.27. The van der Waals surface area contributed by atoms with E-state index in [-0.39, 0.29) is 5.91 Å². The van der Waals surface area contributed by atoms with Gasteiger partial charge in [0.25, 0.3) is 0 Å². The standard InChI is InChI=1S/C17H27N3O/c1-13(2)16-8-5-10-20(16)11-9-17(21)19-15-7-4-3-6-14(15)12-18/h3-4,6-7,13,16H,5,8-12,18H2,1-2H3,(H,19,21). The van der Waals surface area contributed by atoms with Crippen molar-refractivity contribution < 1.29 is 4.79 Å². The normalized spacial score (nSPS) is 19.1. The summed E-state index contributed by atoms with van der Waals surface area (Å²) in [5.41, 5.74) is 7.51. The van der Waals surface area contributed by atoms with Gasteiger partial charge in [-0.05, 0) is 36.9 Å². The predicted molar refractivity (Wildman–Crippen MR) is 87.0 cm³/mol. The minimum absolute atomic E-state index is 0.0744. The lowest BCUT2D eigenvalue weighted by Crippen LogP contribution is -2.35. The van der Waals surface area contributed by atoms with E-state index in [1.165, 1.54) is 12.8 Å². The molecular weight excluding hydrogens is 262 g/mol. The highest BCUT2D eigenvalue weighted by atomic mass is 16.1. The molecule has 1 heterocycles. The number of carbonyl (C=O) groups is 1. The van der Waals surface area contributed by atoms with E-state index in [2.05, 4.69) is 24.1 Å². The third-order valence-electron chi connectivity index (χ3n) is 4.32. The van der Waals surface area contributed by atoms with Gasteiger partial charge in [0.05, 0.1) is 0 Å². The topological polar surface area (TPSA) is 58.4 Å². The van der Waals surface area contributed by atoms with E-state index < -0.39 is 0 Å². The van der Waals surface area contributed by atoms with E-state index in [0.29, 0.717) is 24.9 Å². The highest BCUT2D eigenvalue weighted by molar-refractivity contribution is 5.91. The maximum Gasteiger partial charge on any atom is 0.225 e. The molecular formula is C17H27N3O. The quantitative estimate of drug-likeness (QED) is 0.846. The highest BCUT2D eigenvalue weighted by Gasteiger charge is 2.26. The Morgan fingerprint density at radius 1 is 1.43 bits per heavy atom. The number of benzene rings is 1. The largest absolute Gasteiger partial charge is 0.326 e. The molecule has 0 saturated carbocycles. The molecule has 1 atom stereocenters. The van der Waals surface area contributed by atoms with Crippen molar-refractivity contribution in [1.29, 1.82) is 0 Å². The Kier molecular flexibility index (Phi) is 5.76. The monoisotopic (exact) mass is 289 g/mol. The van der Waals surface area contributed by atoms with E-state index >= 15 is 0 Å². The summed E-state index contributed by atoms with van der Waals surface area (Å²) in [7, 11) is 0. The number of likely N-dealkylation sites (tertiary alicyclic amines) is 1. The van der Waals surface area contributed by atoms with Crippen molar-refractivity contribution >= 4 is 11.6 Å². The van der Waals surface area contributed by atoms with Crippen LogP contribution < -0.4 is 11.1 Å². The molecule has 3 N–H and O–H groups in total. The summed E-state index contributed by atoms with van der Waals surface area (Å²) in [6.07, 6.45) is 3.05. The van der Waals surface area contributed by atoms with Crippen LogP contribution in [-0.4, -0.2) is 29.9 Å². The van der Waals surface area contributed by atoms with Crippen molar-refractivity contribution in [3.05, 3.63) is 29.8 Å². The molecule has 2 rings (SSSR count). The maximum atomic E-state index is 12.1. The van der Waals surface area contributed by atoms with Crippen LogP contribution in [0.5, 0.6) is 0 Å². The molecule has 1 fully saturated rings. The van der Waals surface area contributed by atoms with Crippen LogP contribution in [0.2, 0.25) is 0 Å². The second-order valence-corrected chi connectivity index (χ2v) is 6.15. The fourth-order valence-electron chi connectivity index (χ4n) is 3.16. The van der Waals surface area contributed by atoms with E-state index in [9.17, 15) is 4.79 Å². The average molecular weight is 289 g/mol. The first-order chi connectivity index (χ1) is 10.1. The number of nitrogens with zero attached hydrogens (tertiary/aromatic N) is 1. The molecule has 1 unspecified atom stereocenters. The minimum Gasteiger partial charge on any atom is -0.326 e. The molecule has 1 amide bonds. The first-order valence-electron chi connectivity index (χ1n) is 7.93. The molecule has 4 heteroatoms. The molecule has 116 valence electrons. The molecule has 1 aliphatic rings. The van der Waals surface area contributed by atoms with Crippen molar-refractivity contribution in [2.45, 2.75) is 45.7 Å². The number of hydrogen-bond donors (Lipinski definition) is 2. The van der Waals surface area contributed by atoms with Gasteiger partial charge < -0.3 is 11.1 Å². The molecule has 0 bridgehead atoms. The molecule has 21 heavy (non-hydrogen) atoms. The Hall–Kier alpha value is -1.39. The maximum absolute atomic E-state index is 12.1. The summed E-state index contributed by atoms with van der Waals surface area (Å²) >= 11 is 0. The number of carbonyl (C=O) groups excluding carboxylic acids is 1. The number of rotatable bonds is 6. The molecule has 1 aromatic carbocycles. The van der Waals surface area contributed by atoms with Crippen LogP contribution in [0.4, 0.5) is 5.69 Å². The van der Waals surface area contributed by atoms with Crippen molar-refractivity contribution in [3.8, 4) is 0 Å². The van der Waals surface area contributed by atoms with E-state index in [4.69, 9.17) is 5.73 Å². The second kappa shape index (κ2) is 7.57.